The Morgan fingerprint density at radius 3 is 2.44 bits per heavy atom. The molecule has 1 rings (SSSR count). The zero-order chi connectivity index (χ0) is 12.3. The summed E-state index contributed by atoms with van der Waals surface area (Å²) in [5.74, 6) is -1.24. The molecule has 0 bridgehead atoms. The second-order valence-corrected chi connectivity index (χ2v) is 5.07. The highest BCUT2D eigenvalue weighted by atomic mass is 16.4. The van der Waals surface area contributed by atoms with Crippen LogP contribution in [0, 0.1) is 11.8 Å². The second kappa shape index (κ2) is 4.85. The first-order valence-corrected chi connectivity index (χ1v) is 5.95. The zero-order valence-corrected chi connectivity index (χ0v) is 10.2. The lowest BCUT2D eigenvalue weighted by Gasteiger charge is -2.40. The molecule has 0 saturated heterocycles. The molecule has 0 radical (unpaired) electrons. The average molecular weight is 227 g/mol. The molecule has 4 nitrogen and oxygen atoms in total. The first-order chi connectivity index (χ1) is 7.40. The van der Waals surface area contributed by atoms with Crippen molar-refractivity contribution in [1.82, 2.24) is 5.32 Å². The number of carboxylic acid groups (broad SMARTS) is 1. The molecule has 1 fully saturated rings. The molecule has 2 N–H and O–H groups in total. The second-order valence-electron chi connectivity index (χ2n) is 5.07. The summed E-state index contributed by atoms with van der Waals surface area (Å²) in [4.78, 5) is 23.1. The summed E-state index contributed by atoms with van der Waals surface area (Å²) in [7, 11) is 0. The van der Waals surface area contributed by atoms with Crippen molar-refractivity contribution >= 4 is 11.9 Å². The molecule has 1 amide bonds. The molecule has 0 spiro atoms. The molecule has 1 aliphatic rings. The third-order valence-corrected chi connectivity index (χ3v) is 3.55. The Bertz CT molecular complexity index is 288. The van der Waals surface area contributed by atoms with Crippen LogP contribution in [0.25, 0.3) is 0 Å². The number of carbonyl (C=O) groups is 2. The molecule has 2 unspecified atom stereocenters. The van der Waals surface area contributed by atoms with Crippen LogP contribution < -0.4 is 5.32 Å². The van der Waals surface area contributed by atoms with Gasteiger partial charge in [-0.1, -0.05) is 33.6 Å². The van der Waals surface area contributed by atoms with Crippen molar-refractivity contribution < 1.29 is 14.7 Å². The molecule has 0 aromatic rings. The number of rotatable bonds is 3. The highest BCUT2D eigenvalue weighted by Crippen LogP contribution is 2.34. The molecule has 2 atom stereocenters. The van der Waals surface area contributed by atoms with E-state index in [0.29, 0.717) is 6.42 Å². The van der Waals surface area contributed by atoms with E-state index < -0.39 is 11.5 Å². The van der Waals surface area contributed by atoms with E-state index in [1.54, 1.807) is 13.8 Å². The van der Waals surface area contributed by atoms with Crippen LogP contribution in [0.2, 0.25) is 0 Å². The minimum atomic E-state index is -1.04. The fourth-order valence-electron chi connectivity index (χ4n) is 2.27. The number of hydrogen-bond donors (Lipinski definition) is 2. The standard InChI is InChI=1S/C12H21NO3/c1-8(2)10(14)13-12(11(15)16)7-5-4-6-9(12)3/h8-9H,4-7H2,1-3H3,(H,13,14)(H,15,16). The minimum Gasteiger partial charge on any atom is -0.479 e. The van der Waals surface area contributed by atoms with E-state index >= 15 is 0 Å². The van der Waals surface area contributed by atoms with Gasteiger partial charge in [-0.3, -0.25) is 4.79 Å². The van der Waals surface area contributed by atoms with Gasteiger partial charge in [-0.25, -0.2) is 4.79 Å². The van der Waals surface area contributed by atoms with Gasteiger partial charge < -0.3 is 10.4 Å². The number of carbonyl (C=O) groups excluding carboxylic acids is 1. The Morgan fingerprint density at radius 1 is 1.38 bits per heavy atom. The number of nitrogens with one attached hydrogen (secondary N) is 1. The van der Waals surface area contributed by atoms with Gasteiger partial charge >= 0.3 is 5.97 Å². The summed E-state index contributed by atoms with van der Waals surface area (Å²) in [5, 5.41) is 12.1. The highest BCUT2D eigenvalue weighted by molar-refractivity contribution is 5.88. The quantitative estimate of drug-likeness (QED) is 0.772. The number of amides is 1. The maximum atomic E-state index is 11.7. The van der Waals surface area contributed by atoms with Gasteiger partial charge in [0.05, 0.1) is 0 Å². The van der Waals surface area contributed by atoms with Crippen LogP contribution in [-0.4, -0.2) is 22.5 Å². The Labute approximate surface area is 96.4 Å². The molecule has 1 aliphatic carbocycles. The molecule has 0 aromatic heterocycles. The summed E-state index contributed by atoms with van der Waals surface area (Å²) in [6.45, 7) is 5.46. The maximum Gasteiger partial charge on any atom is 0.329 e. The molecule has 92 valence electrons. The van der Waals surface area contributed by atoms with Gasteiger partial charge in [0.1, 0.15) is 5.54 Å². The van der Waals surface area contributed by atoms with Gasteiger partial charge in [0.2, 0.25) is 5.91 Å². The normalized spacial score (nSPS) is 30.1. The van der Waals surface area contributed by atoms with E-state index in [1.807, 2.05) is 6.92 Å². The molecule has 4 heteroatoms. The van der Waals surface area contributed by atoms with Crippen molar-refractivity contribution in [1.29, 1.82) is 0 Å². The van der Waals surface area contributed by atoms with Gasteiger partial charge in [-0.2, -0.15) is 0 Å². The van der Waals surface area contributed by atoms with Crippen LogP contribution in [0.5, 0.6) is 0 Å². The van der Waals surface area contributed by atoms with E-state index in [4.69, 9.17) is 0 Å². The summed E-state index contributed by atoms with van der Waals surface area (Å²) < 4.78 is 0. The molecular formula is C12H21NO3. The summed E-state index contributed by atoms with van der Waals surface area (Å²) in [5.41, 5.74) is -1.04. The van der Waals surface area contributed by atoms with Crippen LogP contribution in [0.15, 0.2) is 0 Å². The Hall–Kier alpha value is -1.06. The first kappa shape index (κ1) is 13.0. The molecule has 16 heavy (non-hydrogen) atoms. The van der Waals surface area contributed by atoms with Crippen LogP contribution in [-0.2, 0) is 9.59 Å². The SMILES string of the molecule is CC(C)C(=O)NC1(C(=O)O)CCCCC1C. The number of carboxylic acids is 1. The smallest absolute Gasteiger partial charge is 0.329 e. The van der Waals surface area contributed by atoms with E-state index in [0.717, 1.165) is 19.3 Å². The molecule has 0 aliphatic heterocycles. The Morgan fingerprint density at radius 2 is 2.00 bits per heavy atom. The van der Waals surface area contributed by atoms with Gasteiger partial charge in [-0.15, -0.1) is 0 Å². The molecule has 0 heterocycles. The fraction of sp³-hybridized carbons (Fsp3) is 0.833. The van der Waals surface area contributed by atoms with Gasteiger partial charge in [0, 0.05) is 5.92 Å². The van der Waals surface area contributed by atoms with Crippen LogP contribution >= 0.6 is 0 Å². The van der Waals surface area contributed by atoms with Crippen LogP contribution in [0.4, 0.5) is 0 Å². The van der Waals surface area contributed by atoms with Crippen molar-refractivity contribution in [2.75, 3.05) is 0 Å². The van der Waals surface area contributed by atoms with E-state index in [9.17, 15) is 14.7 Å². The van der Waals surface area contributed by atoms with Gasteiger partial charge in [0.15, 0.2) is 0 Å². The van der Waals surface area contributed by atoms with Gasteiger partial charge in [0.25, 0.3) is 0 Å². The lowest BCUT2D eigenvalue weighted by Crippen LogP contribution is -2.60. The van der Waals surface area contributed by atoms with E-state index in [2.05, 4.69) is 5.32 Å². The van der Waals surface area contributed by atoms with Crippen molar-refractivity contribution in [3.8, 4) is 0 Å². The van der Waals surface area contributed by atoms with Crippen molar-refractivity contribution in [3.63, 3.8) is 0 Å². The Balaban J connectivity index is 2.87. The lowest BCUT2D eigenvalue weighted by atomic mass is 9.73. The molecule has 0 aromatic carbocycles. The third kappa shape index (κ3) is 2.36. The predicted octanol–water partition coefficient (Wildman–Crippen LogP) is 1.79. The van der Waals surface area contributed by atoms with Crippen molar-refractivity contribution in [3.05, 3.63) is 0 Å². The fourth-order valence-corrected chi connectivity index (χ4v) is 2.27. The predicted molar refractivity (Wildman–Crippen MR) is 61.0 cm³/mol. The Kier molecular flexibility index (Phi) is 3.94. The van der Waals surface area contributed by atoms with Crippen molar-refractivity contribution in [2.45, 2.75) is 52.0 Å². The largest absolute Gasteiger partial charge is 0.479 e. The lowest BCUT2D eigenvalue weighted by molar-refractivity contribution is -0.152. The summed E-state index contributed by atoms with van der Waals surface area (Å²) in [6, 6.07) is 0. The monoisotopic (exact) mass is 227 g/mol. The van der Waals surface area contributed by atoms with Crippen molar-refractivity contribution in [2.24, 2.45) is 11.8 Å². The van der Waals surface area contributed by atoms with Gasteiger partial charge in [-0.05, 0) is 18.8 Å². The van der Waals surface area contributed by atoms with Crippen LogP contribution in [0.1, 0.15) is 46.5 Å². The summed E-state index contributed by atoms with van der Waals surface area (Å²) >= 11 is 0. The molecular weight excluding hydrogens is 206 g/mol. The highest BCUT2D eigenvalue weighted by Gasteiger charge is 2.46. The topological polar surface area (TPSA) is 66.4 Å². The molecule has 1 saturated carbocycles. The number of aliphatic carboxylic acids is 1. The third-order valence-electron chi connectivity index (χ3n) is 3.55. The zero-order valence-electron chi connectivity index (χ0n) is 10.2. The van der Waals surface area contributed by atoms with Crippen LogP contribution in [0.3, 0.4) is 0 Å². The maximum absolute atomic E-state index is 11.7. The number of hydrogen-bond acceptors (Lipinski definition) is 2. The average Bonchev–Trinajstić information content (AvgIpc) is 2.20. The van der Waals surface area contributed by atoms with E-state index in [1.165, 1.54) is 0 Å². The first-order valence-electron chi connectivity index (χ1n) is 5.95. The minimum absolute atomic E-state index is 0.00134. The summed E-state index contributed by atoms with van der Waals surface area (Å²) in [6.07, 6.45) is 3.33. The van der Waals surface area contributed by atoms with E-state index in [-0.39, 0.29) is 17.7 Å².